The molecule has 4 nitrogen and oxygen atoms in total. The van der Waals surface area contributed by atoms with Crippen molar-refractivity contribution < 1.29 is 9.53 Å². The molecule has 2 aromatic rings. The third-order valence-corrected chi connectivity index (χ3v) is 5.75. The highest BCUT2D eigenvalue weighted by molar-refractivity contribution is 6.30. The van der Waals surface area contributed by atoms with Gasteiger partial charge < -0.3 is 14.5 Å². The van der Waals surface area contributed by atoms with Crippen molar-refractivity contribution in [3.8, 4) is 5.75 Å². The third kappa shape index (κ3) is 4.44. The van der Waals surface area contributed by atoms with Gasteiger partial charge in [-0.05, 0) is 75.1 Å². The van der Waals surface area contributed by atoms with Crippen LogP contribution in [0.2, 0.25) is 5.02 Å². The summed E-state index contributed by atoms with van der Waals surface area (Å²) < 4.78 is 6.05. The topological polar surface area (TPSA) is 32.8 Å². The molecule has 0 aliphatic carbocycles. The fourth-order valence-corrected chi connectivity index (χ4v) is 3.88. The number of carbonyl (C=O) groups is 1. The van der Waals surface area contributed by atoms with Gasteiger partial charge in [0, 0.05) is 36.9 Å². The fraction of sp³-hybridized carbons (Fsp3) is 0.435. The number of benzene rings is 2. The molecule has 1 amide bonds. The molecule has 28 heavy (non-hydrogen) atoms. The van der Waals surface area contributed by atoms with E-state index in [2.05, 4.69) is 24.8 Å². The molecular formula is C23H29ClN2O2. The molecule has 1 saturated heterocycles. The molecule has 1 aliphatic heterocycles. The average Bonchev–Trinajstić information content (AvgIpc) is 2.67. The average molecular weight is 401 g/mol. The summed E-state index contributed by atoms with van der Waals surface area (Å²) in [7, 11) is 0. The van der Waals surface area contributed by atoms with Crippen molar-refractivity contribution >= 4 is 23.2 Å². The van der Waals surface area contributed by atoms with Gasteiger partial charge >= 0.3 is 0 Å². The number of hydrogen-bond donors (Lipinski definition) is 0. The number of hydrogen-bond acceptors (Lipinski definition) is 3. The Kier molecular flexibility index (Phi) is 6.19. The molecule has 1 heterocycles. The van der Waals surface area contributed by atoms with Crippen LogP contribution in [0.25, 0.3) is 0 Å². The zero-order valence-corrected chi connectivity index (χ0v) is 18.1. The maximum atomic E-state index is 12.9. The lowest BCUT2D eigenvalue weighted by Gasteiger charge is -2.37. The van der Waals surface area contributed by atoms with Crippen LogP contribution in [0.5, 0.6) is 5.75 Å². The Morgan fingerprint density at radius 1 is 1.00 bits per heavy atom. The van der Waals surface area contributed by atoms with Gasteiger partial charge in [0.1, 0.15) is 5.75 Å². The van der Waals surface area contributed by atoms with Crippen molar-refractivity contribution in [3.63, 3.8) is 0 Å². The second-order valence-corrected chi connectivity index (χ2v) is 8.14. The Hall–Kier alpha value is -2.20. The first kappa shape index (κ1) is 20.5. The minimum atomic E-state index is -0.501. The largest absolute Gasteiger partial charge is 0.481 e. The number of carbonyl (C=O) groups excluding carboxylic acids is 1. The Morgan fingerprint density at radius 2 is 1.68 bits per heavy atom. The Balaban J connectivity index is 1.63. The van der Waals surface area contributed by atoms with E-state index in [-0.39, 0.29) is 5.91 Å². The smallest absolute Gasteiger partial charge is 0.263 e. The van der Waals surface area contributed by atoms with E-state index in [4.69, 9.17) is 16.3 Å². The summed E-state index contributed by atoms with van der Waals surface area (Å²) in [6.07, 6.45) is -0.501. The van der Waals surface area contributed by atoms with Gasteiger partial charge in [-0.2, -0.15) is 0 Å². The van der Waals surface area contributed by atoms with Gasteiger partial charge in [0.25, 0.3) is 5.91 Å². The van der Waals surface area contributed by atoms with Crippen LogP contribution >= 0.6 is 11.6 Å². The highest BCUT2D eigenvalue weighted by Gasteiger charge is 2.27. The molecule has 0 unspecified atom stereocenters. The van der Waals surface area contributed by atoms with Crippen LogP contribution in [0.15, 0.2) is 30.3 Å². The van der Waals surface area contributed by atoms with Crippen molar-refractivity contribution in [2.24, 2.45) is 0 Å². The highest BCUT2D eigenvalue weighted by atomic mass is 35.5. The SMILES string of the molecule is Cc1cc(C)c(C)c(O[C@@H](C)C(=O)N2CCN(c3cc(Cl)ccc3C)CC2)c1. The molecule has 1 aliphatic rings. The Bertz CT molecular complexity index is 873. The lowest BCUT2D eigenvalue weighted by molar-refractivity contribution is -0.138. The summed E-state index contributed by atoms with van der Waals surface area (Å²) in [6.45, 7) is 13.0. The summed E-state index contributed by atoms with van der Waals surface area (Å²) in [5, 5.41) is 0.741. The van der Waals surface area contributed by atoms with Crippen molar-refractivity contribution in [2.45, 2.75) is 40.7 Å². The maximum Gasteiger partial charge on any atom is 0.263 e. The van der Waals surface area contributed by atoms with E-state index < -0.39 is 6.10 Å². The van der Waals surface area contributed by atoms with E-state index >= 15 is 0 Å². The van der Waals surface area contributed by atoms with Crippen molar-refractivity contribution in [3.05, 3.63) is 57.6 Å². The van der Waals surface area contributed by atoms with Gasteiger partial charge in [-0.25, -0.2) is 0 Å². The minimum absolute atomic E-state index is 0.0426. The predicted octanol–water partition coefficient (Wildman–Crippen LogP) is 4.69. The first-order chi connectivity index (χ1) is 13.3. The van der Waals surface area contributed by atoms with Crippen LogP contribution in [-0.4, -0.2) is 43.1 Å². The molecule has 5 heteroatoms. The molecule has 0 saturated carbocycles. The number of amides is 1. The van der Waals surface area contributed by atoms with Crippen LogP contribution < -0.4 is 9.64 Å². The van der Waals surface area contributed by atoms with E-state index in [1.54, 1.807) is 0 Å². The summed E-state index contributed by atoms with van der Waals surface area (Å²) in [4.78, 5) is 17.1. The van der Waals surface area contributed by atoms with Gasteiger partial charge in [-0.15, -0.1) is 0 Å². The monoisotopic (exact) mass is 400 g/mol. The molecule has 1 atom stereocenters. The van der Waals surface area contributed by atoms with Crippen molar-refractivity contribution in [2.75, 3.05) is 31.1 Å². The zero-order valence-electron chi connectivity index (χ0n) is 17.4. The van der Waals surface area contributed by atoms with Gasteiger partial charge in [0.2, 0.25) is 0 Å². The van der Waals surface area contributed by atoms with E-state index in [1.165, 1.54) is 11.1 Å². The molecular weight excluding hydrogens is 372 g/mol. The van der Waals surface area contributed by atoms with Gasteiger partial charge in [-0.3, -0.25) is 4.79 Å². The normalized spacial score (nSPS) is 15.5. The van der Waals surface area contributed by atoms with Crippen molar-refractivity contribution in [1.29, 1.82) is 0 Å². The van der Waals surface area contributed by atoms with Crippen LogP contribution in [0, 0.1) is 27.7 Å². The molecule has 2 aromatic carbocycles. The first-order valence-electron chi connectivity index (χ1n) is 9.80. The first-order valence-corrected chi connectivity index (χ1v) is 10.2. The minimum Gasteiger partial charge on any atom is -0.481 e. The van der Waals surface area contributed by atoms with Gasteiger partial charge in [0.15, 0.2) is 6.10 Å². The van der Waals surface area contributed by atoms with E-state index in [0.29, 0.717) is 13.1 Å². The van der Waals surface area contributed by atoms with Crippen LogP contribution in [0.1, 0.15) is 29.2 Å². The number of rotatable bonds is 4. The van der Waals surface area contributed by atoms with Crippen LogP contribution in [0.3, 0.4) is 0 Å². The third-order valence-electron chi connectivity index (χ3n) is 5.52. The molecule has 3 rings (SSSR count). The lowest BCUT2D eigenvalue weighted by atomic mass is 10.1. The lowest BCUT2D eigenvalue weighted by Crippen LogP contribution is -2.52. The molecule has 0 spiro atoms. The number of piperazine rings is 1. The second-order valence-electron chi connectivity index (χ2n) is 7.71. The number of anilines is 1. The maximum absolute atomic E-state index is 12.9. The number of nitrogens with zero attached hydrogens (tertiary/aromatic N) is 2. The van der Waals surface area contributed by atoms with E-state index in [1.807, 2.05) is 49.9 Å². The standard InChI is InChI=1S/C23H29ClN2O2/c1-15-12-17(3)18(4)22(13-15)28-19(5)23(27)26-10-8-25(9-11-26)21-14-20(24)7-6-16(21)2/h6-7,12-14,19H,8-11H2,1-5H3/t19-/m0/s1. The quantitative estimate of drug-likeness (QED) is 0.746. The summed E-state index contributed by atoms with van der Waals surface area (Å²) in [5.41, 5.74) is 5.76. The van der Waals surface area contributed by atoms with Crippen LogP contribution in [0.4, 0.5) is 5.69 Å². The highest BCUT2D eigenvalue weighted by Crippen LogP contribution is 2.27. The van der Waals surface area contributed by atoms with Crippen LogP contribution in [-0.2, 0) is 4.79 Å². The van der Waals surface area contributed by atoms with Gasteiger partial charge in [0.05, 0.1) is 0 Å². The molecule has 0 radical (unpaired) electrons. The predicted molar refractivity (Wildman–Crippen MR) is 116 cm³/mol. The zero-order chi connectivity index (χ0) is 20.4. The second kappa shape index (κ2) is 8.44. The summed E-state index contributed by atoms with van der Waals surface area (Å²) in [5.74, 6) is 0.840. The summed E-state index contributed by atoms with van der Waals surface area (Å²) in [6, 6.07) is 10.1. The van der Waals surface area contributed by atoms with E-state index in [9.17, 15) is 4.79 Å². The van der Waals surface area contributed by atoms with E-state index in [0.717, 1.165) is 40.7 Å². The summed E-state index contributed by atoms with van der Waals surface area (Å²) >= 11 is 6.16. The molecule has 0 N–H and O–H groups in total. The van der Waals surface area contributed by atoms with Crippen molar-refractivity contribution in [1.82, 2.24) is 4.90 Å². The molecule has 0 bridgehead atoms. The Morgan fingerprint density at radius 3 is 2.36 bits per heavy atom. The molecule has 1 fully saturated rings. The Labute approximate surface area is 173 Å². The molecule has 0 aromatic heterocycles. The number of halogens is 1. The van der Waals surface area contributed by atoms with Gasteiger partial charge in [-0.1, -0.05) is 23.7 Å². The number of aryl methyl sites for hydroxylation is 3. The molecule has 150 valence electrons. The number of ether oxygens (including phenoxy) is 1. The fourth-order valence-electron chi connectivity index (χ4n) is 3.71.